The fraction of sp³-hybridized carbons (Fsp3) is 0.400. The van der Waals surface area contributed by atoms with Crippen molar-refractivity contribution < 1.29 is 4.79 Å². The van der Waals surface area contributed by atoms with E-state index in [9.17, 15) is 4.79 Å². The summed E-state index contributed by atoms with van der Waals surface area (Å²) in [5.41, 5.74) is 4.34. The van der Waals surface area contributed by atoms with Crippen LogP contribution in [0, 0.1) is 6.92 Å². The van der Waals surface area contributed by atoms with Crippen molar-refractivity contribution in [1.29, 1.82) is 0 Å². The predicted octanol–water partition coefficient (Wildman–Crippen LogP) is 3.08. The van der Waals surface area contributed by atoms with Crippen LogP contribution < -0.4 is 0 Å². The van der Waals surface area contributed by atoms with Gasteiger partial charge in [0, 0.05) is 49.0 Å². The molecule has 0 aliphatic carbocycles. The summed E-state index contributed by atoms with van der Waals surface area (Å²) in [7, 11) is 0. The van der Waals surface area contributed by atoms with E-state index < -0.39 is 0 Å². The zero-order valence-electron chi connectivity index (χ0n) is 15.3. The zero-order chi connectivity index (χ0) is 18.1. The molecule has 4 rings (SSSR count). The summed E-state index contributed by atoms with van der Waals surface area (Å²) in [5.74, 6) is 0.214. The molecule has 0 atom stereocenters. The minimum atomic E-state index is 0.214. The van der Waals surface area contributed by atoms with E-state index in [-0.39, 0.29) is 5.91 Å². The molecule has 1 saturated heterocycles. The van der Waals surface area contributed by atoms with Gasteiger partial charge < -0.3 is 9.80 Å². The van der Waals surface area contributed by atoms with Crippen molar-refractivity contribution in [1.82, 2.24) is 19.2 Å². The topological polar surface area (TPSA) is 40.8 Å². The number of carbonyl (C=O) groups excluding carboxylic acids is 1. The van der Waals surface area contributed by atoms with E-state index in [2.05, 4.69) is 52.8 Å². The molecule has 3 aromatic rings. The number of aryl methyl sites for hydroxylation is 1. The zero-order valence-corrected chi connectivity index (χ0v) is 16.1. The van der Waals surface area contributed by atoms with Crippen LogP contribution in [0.3, 0.4) is 0 Å². The van der Waals surface area contributed by atoms with Gasteiger partial charge in [0.25, 0.3) is 0 Å². The van der Waals surface area contributed by atoms with Gasteiger partial charge in [0.2, 0.25) is 5.91 Å². The first-order valence-electron chi connectivity index (χ1n) is 9.16. The monoisotopic (exact) mass is 368 g/mol. The van der Waals surface area contributed by atoms with Gasteiger partial charge in [-0.25, -0.2) is 4.98 Å². The molecule has 0 radical (unpaired) electrons. The highest BCUT2D eigenvalue weighted by molar-refractivity contribution is 7.15. The van der Waals surface area contributed by atoms with Gasteiger partial charge in [0.05, 0.1) is 12.1 Å². The summed E-state index contributed by atoms with van der Waals surface area (Å²) in [6, 6.07) is 8.39. The first-order chi connectivity index (χ1) is 12.6. The second-order valence-corrected chi connectivity index (χ2v) is 7.70. The molecule has 1 fully saturated rings. The standard InChI is InChI=1S/C20H24N4OS/c1-3-22-8-10-23(11-9-22)19(25)12-17-14-26-20-21-18(13-24(17)20)16-6-4-15(2)5-7-16/h4-7,13-14H,3,8-12H2,1-2H3. The third-order valence-corrected chi connectivity index (χ3v) is 6.02. The highest BCUT2D eigenvalue weighted by Gasteiger charge is 2.21. The summed E-state index contributed by atoms with van der Waals surface area (Å²) in [6.45, 7) is 8.93. The highest BCUT2D eigenvalue weighted by atomic mass is 32.1. The molecule has 0 saturated carbocycles. The Morgan fingerprint density at radius 2 is 1.88 bits per heavy atom. The number of nitrogens with zero attached hydrogens (tertiary/aromatic N) is 4. The van der Waals surface area contributed by atoms with Gasteiger partial charge in [-0.3, -0.25) is 9.20 Å². The van der Waals surface area contributed by atoms with Crippen molar-refractivity contribution in [2.45, 2.75) is 20.3 Å². The van der Waals surface area contributed by atoms with Gasteiger partial charge in [-0.05, 0) is 13.5 Å². The molecule has 1 aromatic carbocycles. The summed E-state index contributed by atoms with van der Waals surface area (Å²) >= 11 is 1.60. The van der Waals surface area contributed by atoms with Gasteiger partial charge in [0.15, 0.2) is 4.96 Å². The van der Waals surface area contributed by atoms with Gasteiger partial charge in [-0.2, -0.15) is 0 Å². The molecule has 0 unspecified atom stereocenters. The van der Waals surface area contributed by atoms with Crippen LogP contribution in [0.2, 0.25) is 0 Å². The lowest BCUT2D eigenvalue weighted by molar-refractivity contribution is -0.132. The van der Waals surface area contributed by atoms with Crippen LogP contribution in [-0.2, 0) is 11.2 Å². The van der Waals surface area contributed by atoms with E-state index >= 15 is 0 Å². The molecule has 3 heterocycles. The molecular formula is C20H24N4OS. The van der Waals surface area contributed by atoms with E-state index in [1.54, 1.807) is 11.3 Å². The Morgan fingerprint density at radius 1 is 1.15 bits per heavy atom. The van der Waals surface area contributed by atoms with Crippen molar-refractivity contribution >= 4 is 22.2 Å². The molecule has 0 bridgehead atoms. The van der Waals surface area contributed by atoms with E-state index in [1.807, 2.05) is 11.1 Å². The number of carbonyl (C=O) groups is 1. The predicted molar refractivity (Wildman–Crippen MR) is 106 cm³/mol. The molecule has 136 valence electrons. The van der Waals surface area contributed by atoms with Crippen LogP contribution in [0.15, 0.2) is 35.8 Å². The molecule has 26 heavy (non-hydrogen) atoms. The van der Waals surface area contributed by atoms with Crippen molar-refractivity contribution in [3.63, 3.8) is 0 Å². The summed E-state index contributed by atoms with van der Waals surface area (Å²) in [6.07, 6.45) is 2.49. The van der Waals surface area contributed by atoms with Crippen LogP contribution in [0.5, 0.6) is 0 Å². The van der Waals surface area contributed by atoms with Gasteiger partial charge in [-0.15, -0.1) is 11.3 Å². The fourth-order valence-electron chi connectivity index (χ4n) is 3.40. The summed E-state index contributed by atoms with van der Waals surface area (Å²) < 4.78 is 2.07. The molecule has 1 amide bonds. The normalized spacial score (nSPS) is 15.7. The second kappa shape index (κ2) is 7.21. The van der Waals surface area contributed by atoms with Crippen LogP contribution >= 0.6 is 11.3 Å². The largest absolute Gasteiger partial charge is 0.340 e. The van der Waals surface area contributed by atoms with E-state index in [1.165, 1.54) is 5.56 Å². The average molecular weight is 369 g/mol. The molecule has 6 heteroatoms. The number of piperazine rings is 1. The third kappa shape index (κ3) is 3.39. The Balaban J connectivity index is 1.50. The van der Waals surface area contributed by atoms with Crippen LogP contribution in [-0.4, -0.2) is 57.8 Å². The van der Waals surface area contributed by atoms with Crippen LogP contribution in [0.4, 0.5) is 0 Å². The Morgan fingerprint density at radius 3 is 2.58 bits per heavy atom. The number of rotatable bonds is 4. The number of benzene rings is 1. The lowest BCUT2D eigenvalue weighted by Crippen LogP contribution is -2.48. The third-order valence-electron chi connectivity index (χ3n) is 5.14. The fourth-order valence-corrected chi connectivity index (χ4v) is 4.27. The molecule has 0 spiro atoms. The highest BCUT2D eigenvalue weighted by Crippen LogP contribution is 2.24. The van der Waals surface area contributed by atoms with Crippen molar-refractivity contribution in [3.8, 4) is 11.3 Å². The Labute approximate surface area is 157 Å². The number of amides is 1. The smallest absolute Gasteiger partial charge is 0.228 e. The van der Waals surface area contributed by atoms with Gasteiger partial charge in [0.1, 0.15) is 0 Å². The first kappa shape index (κ1) is 17.2. The minimum Gasteiger partial charge on any atom is -0.340 e. The summed E-state index contributed by atoms with van der Waals surface area (Å²) in [4.78, 5) is 22.7. The number of imidazole rings is 1. The number of hydrogen-bond donors (Lipinski definition) is 0. The maximum Gasteiger partial charge on any atom is 0.228 e. The molecular weight excluding hydrogens is 344 g/mol. The summed E-state index contributed by atoms with van der Waals surface area (Å²) in [5, 5.41) is 2.06. The lowest BCUT2D eigenvalue weighted by Gasteiger charge is -2.34. The maximum absolute atomic E-state index is 12.7. The Hall–Kier alpha value is -2.18. The molecule has 1 aliphatic rings. The van der Waals surface area contributed by atoms with Crippen LogP contribution in [0.1, 0.15) is 18.2 Å². The molecule has 2 aromatic heterocycles. The quantitative estimate of drug-likeness (QED) is 0.711. The van der Waals surface area contributed by atoms with E-state index in [0.29, 0.717) is 6.42 Å². The number of thiazole rings is 1. The molecule has 0 N–H and O–H groups in total. The average Bonchev–Trinajstić information content (AvgIpc) is 3.24. The number of hydrogen-bond acceptors (Lipinski definition) is 4. The van der Waals surface area contributed by atoms with Gasteiger partial charge >= 0.3 is 0 Å². The van der Waals surface area contributed by atoms with Crippen molar-refractivity contribution in [2.24, 2.45) is 0 Å². The minimum absolute atomic E-state index is 0.214. The van der Waals surface area contributed by atoms with Crippen LogP contribution in [0.25, 0.3) is 16.2 Å². The SMILES string of the molecule is CCN1CCN(C(=O)Cc2csc3nc(-c4ccc(C)cc4)cn23)CC1. The van der Waals surface area contributed by atoms with E-state index in [0.717, 1.165) is 54.6 Å². The van der Waals surface area contributed by atoms with Crippen molar-refractivity contribution in [3.05, 3.63) is 47.1 Å². The number of aromatic nitrogens is 2. The van der Waals surface area contributed by atoms with Gasteiger partial charge in [-0.1, -0.05) is 36.8 Å². The number of fused-ring (bicyclic) bond motifs is 1. The molecule has 5 nitrogen and oxygen atoms in total. The lowest BCUT2D eigenvalue weighted by atomic mass is 10.1. The molecule has 1 aliphatic heterocycles. The number of likely N-dealkylation sites (N-methyl/N-ethyl adjacent to an activating group) is 1. The Bertz CT molecular complexity index is 904. The Kier molecular flexibility index (Phi) is 4.78. The first-order valence-corrected chi connectivity index (χ1v) is 10.0. The van der Waals surface area contributed by atoms with E-state index in [4.69, 9.17) is 4.98 Å². The van der Waals surface area contributed by atoms with Crippen molar-refractivity contribution in [2.75, 3.05) is 32.7 Å². The second-order valence-electron chi connectivity index (χ2n) is 6.86. The maximum atomic E-state index is 12.7.